The van der Waals surface area contributed by atoms with Gasteiger partial charge < -0.3 is 10.6 Å². The topological polar surface area (TPSA) is 46.3 Å². The van der Waals surface area contributed by atoms with Gasteiger partial charge >= 0.3 is 0 Å². The molecule has 3 nitrogen and oxygen atoms in total. The van der Waals surface area contributed by atoms with Crippen molar-refractivity contribution >= 4 is 17.7 Å². The second-order valence-corrected chi connectivity index (χ2v) is 5.05. The van der Waals surface area contributed by atoms with Crippen LogP contribution in [0, 0.1) is 0 Å². The number of hydrogen-bond acceptors (Lipinski definition) is 3. The van der Waals surface area contributed by atoms with E-state index in [1.165, 1.54) is 0 Å². The van der Waals surface area contributed by atoms with Gasteiger partial charge in [0.05, 0.1) is 0 Å². The molecule has 0 radical (unpaired) electrons. The van der Waals surface area contributed by atoms with Crippen molar-refractivity contribution in [3.8, 4) is 0 Å². The average molecular weight is 236 g/mol. The third kappa shape index (κ3) is 2.57. The molecule has 1 aromatic rings. The lowest BCUT2D eigenvalue weighted by Crippen LogP contribution is -2.43. The standard InChI is InChI=1S/C12H16N2OS/c13-11(10-4-2-1-3-5-10)12(15)14-6-8-16-9-7-14/h1-5,11H,6-9,13H2/t11-/m1/s1. The van der Waals surface area contributed by atoms with E-state index in [4.69, 9.17) is 5.73 Å². The minimum absolute atomic E-state index is 0.0477. The smallest absolute Gasteiger partial charge is 0.244 e. The Hall–Kier alpha value is -1.00. The fraction of sp³-hybridized carbons (Fsp3) is 0.417. The number of thioether (sulfide) groups is 1. The summed E-state index contributed by atoms with van der Waals surface area (Å²) in [4.78, 5) is 14.0. The first-order valence-electron chi connectivity index (χ1n) is 5.46. The number of nitrogens with zero attached hydrogens (tertiary/aromatic N) is 1. The zero-order valence-corrected chi connectivity index (χ0v) is 9.95. The molecule has 2 rings (SSSR count). The molecule has 1 saturated heterocycles. The Morgan fingerprint density at radius 3 is 2.50 bits per heavy atom. The van der Waals surface area contributed by atoms with Crippen LogP contribution in [0.5, 0.6) is 0 Å². The number of nitrogens with two attached hydrogens (primary N) is 1. The highest BCUT2D eigenvalue weighted by molar-refractivity contribution is 7.99. The molecule has 1 atom stereocenters. The Morgan fingerprint density at radius 1 is 1.25 bits per heavy atom. The SMILES string of the molecule is N[C@@H](C(=O)N1CCSCC1)c1ccccc1. The third-order valence-corrected chi connectivity index (χ3v) is 3.69. The summed E-state index contributed by atoms with van der Waals surface area (Å²) in [6, 6.07) is 9.05. The maximum absolute atomic E-state index is 12.1. The van der Waals surface area contributed by atoms with Crippen molar-refractivity contribution in [2.24, 2.45) is 5.73 Å². The summed E-state index contributed by atoms with van der Waals surface area (Å²) in [7, 11) is 0. The lowest BCUT2D eigenvalue weighted by molar-refractivity contribution is -0.132. The van der Waals surface area contributed by atoms with Gasteiger partial charge in [-0.1, -0.05) is 30.3 Å². The van der Waals surface area contributed by atoms with E-state index < -0.39 is 6.04 Å². The highest BCUT2D eigenvalue weighted by Gasteiger charge is 2.23. The lowest BCUT2D eigenvalue weighted by Gasteiger charge is -2.28. The summed E-state index contributed by atoms with van der Waals surface area (Å²) in [6.45, 7) is 1.65. The van der Waals surface area contributed by atoms with Gasteiger partial charge in [0.2, 0.25) is 5.91 Å². The molecule has 1 aromatic carbocycles. The van der Waals surface area contributed by atoms with Crippen LogP contribution in [0.25, 0.3) is 0 Å². The summed E-state index contributed by atoms with van der Waals surface area (Å²) in [5, 5.41) is 0. The largest absolute Gasteiger partial charge is 0.339 e. The Kier molecular flexibility index (Phi) is 3.85. The number of carbonyl (C=O) groups excluding carboxylic acids is 1. The van der Waals surface area contributed by atoms with Gasteiger partial charge in [0.1, 0.15) is 6.04 Å². The number of benzene rings is 1. The molecular weight excluding hydrogens is 220 g/mol. The Balaban J connectivity index is 2.04. The van der Waals surface area contributed by atoms with E-state index in [0.717, 1.165) is 30.2 Å². The first-order chi connectivity index (χ1) is 7.79. The van der Waals surface area contributed by atoms with Crippen molar-refractivity contribution in [3.05, 3.63) is 35.9 Å². The minimum Gasteiger partial charge on any atom is -0.339 e. The van der Waals surface area contributed by atoms with Gasteiger partial charge in [-0.15, -0.1) is 0 Å². The van der Waals surface area contributed by atoms with Gasteiger partial charge in [0.15, 0.2) is 0 Å². The summed E-state index contributed by atoms with van der Waals surface area (Å²) in [5.41, 5.74) is 6.87. The molecule has 4 heteroatoms. The number of rotatable bonds is 2. The molecular formula is C12H16N2OS. The van der Waals surface area contributed by atoms with Crippen molar-refractivity contribution in [2.75, 3.05) is 24.6 Å². The fourth-order valence-corrected chi connectivity index (χ4v) is 2.69. The molecule has 1 aliphatic heterocycles. The lowest BCUT2D eigenvalue weighted by atomic mass is 10.1. The normalized spacial score (nSPS) is 18.2. The zero-order chi connectivity index (χ0) is 11.4. The van der Waals surface area contributed by atoms with Crippen molar-refractivity contribution in [3.63, 3.8) is 0 Å². The number of amides is 1. The molecule has 1 fully saturated rings. The first kappa shape index (κ1) is 11.5. The first-order valence-corrected chi connectivity index (χ1v) is 6.61. The van der Waals surface area contributed by atoms with E-state index in [1.807, 2.05) is 47.0 Å². The highest BCUT2D eigenvalue weighted by Crippen LogP contribution is 2.16. The zero-order valence-electron chi connectivity index (χ0n) is 9.13. The van der Waals surface area contributed by atoms with Crippen LogP contribution in [0.15, 0.2) is 30.3 Å². The van der Waals surface area contributed by atoms with Crippen molar-refractivity contribution in [1.82, 2.24) is 4.90 Å². The van der Waals surface area contributed by atoms with E-state index in [9.17, 15) is 4.79 Å². The second kappa shape index (κ2) is 5.37. The summed E-state index contributed by atoms with van der Waals surface area (Å²) < 4.78 is 0. The molecule has 0 bridgehead atoms. The van der Waals surface area contributed by atoms with E-state index >= 15 is 0 Å². The molecule has 16 heavy (non-hydrogen) atoms. The highest BCUT2D eigenvalue weighted by atomic mass is 32.2. The second-order valence-electron chi connectivity index (χ2n) is 3.83. The molecule has 2 N–H and O–H groups in total. The van der Waals surface area contributed by atoms with E-state index in [2.05, 4.69) is 0 Å². The van der Waals surface area contributed by atoms with Gasteiger partial charge in [-0.05, 0) is 5.56 Å². The van der Waals surface area contributed by atoms with Crippen LogP contribution >= 0.6 is 11.8 Å². The van der Waals surface area contributed by atoms with Crippen LogP contribution < -0.4 is 5.73 Å². The summed E-state index contributed by atoms with van der Waals surface area (Å²) in [6.07, 6.45) is 0. The van der Waals surface area contributed by atoms with Gasteiger partial charge in [0, 0.05) is 24.6 Å². The molecule has 0 aliphatic carbocycles. The van der Waals surface area contributed by atoms with Crippen LogP contribution in [-0.4, -0.2) is 35.4 Å². The maximum atomic E-state index is 12.1. The van der Waals surface area contributed by atoms with Crippen LogP contribution in [0.3, 0.4) is 0 Å². The molecule has 0 saturated carbocycles. The van der Waals surface area contributed by atoms with Crippen molar-refractivity contribution in [1.29, 1.82) is 0 Å². The van der Waals surface area contributed by atoms with Gasteiger partial charge in [-0.3, -0.25) is 4.79 Å². The van der Waals surface area contributed by atoms with E-state index in [-0.39, 0.29) is 5.91 Å². The Labute approximate surface area is 100.0 Å². The maximum Gasteiger partial charge on any atom is 0.244 e. The van der Waals surface area contributed by atoms with Gasteiger partial charge in [-0.25, -0.2) is 0 Å². The summed E-state index contributed by atoms with van der Waals surface area (Å²) in [5.74, 6) is 2.09. The fourth-order valence-electron chi connectivity index (χ4n) is 1.78. The van der Waals surface area contributed by atoms with Crippen LogP contribution in [-0.2, 0) is 4.79 Å². The molecule has 0 spiro atoms. The average Bonchev–Trinajstić information content (AvgIpc) is 2.39. The molecule has 1 aliphatic rings. The van der Waals surface area contributed by atoms with Crippen LogP contribution in [0.4, 0.5) is 0 Å². The number of hydrogen-bond donors (Lipinski definition) is 1. The molecule has 1 heterocycles. The summed E-state index contributed by atoms with van der Waals surface area (Å²) >= 11 is 1.89. The van der Waals surface area contributed by atoms with E-state index in [1.54, 1.807) is 0 Å². The van der Waals surface area contributed by atoms with Crippen LogP contribution in [0.2, 0.25) is 0 Å². The third-order valence-electron chi connectivity index (χ3n) is 2.75. The molecule has 0 unspecified atom stereocenters. The predicted molar refractivity (Wildman–Crippen MR) is 67.3 cm³/mol. The Morgan fingerprint density at radius 2 is 1.88 bits per heavy atom. The predicted octanol–water partition coefficient (Wildman–Crippen LogP) is 1.26. The van der Waals surface area contributed by atoms with Crippen LogP contribution in [0.1, 0.15) is 11.6 Å². The van der Waals surface area contributed by atoms with Crippen molar-refractivity contribution < 1.29 is 4.79 Å². The van der Waals surface area contributed by atoms with E-state index in [0.29, 0.717) is 0 Å². The number of carbonyl (C=O) groups is 1. The minimum atomic E-state index is -0.510. The Bertz CT molecular complexity index is 349. The monoisotopic (exact) mass is 236 g/mol. The molecule has 0 aromatic heterocycles. The van der Waals surface area contributed by atoms with Gasteiger partial charge in [0.25, 0.3) is 0 Å². The quantitative estimate of drug-likeness (QED) is 0.841. The molecule has 1 amide bonds. The van der Waals surface area contributed by atoms with Gasteiger partial charge in [-0.2, -0.15) is 11.8 Å². The molecule has 86 valence electrons. The van der Waals surface area contributed by atoms with Crippen molar-refractivity contribution in [2.45, 2.75) is 6.04 Å².